The molecule has 0 bridgehead atoms. The minimum atomic E-state index is 0.549. The van der Waals surface area contributed by atoms with Crippen molar-refractivity contribution >= 4 is 17.6 Å². The molecule has 0 radical (unpaired) electrons. The third kappa shape index (κ3) is 2.68. The van der Waals surface area contributed by atoms with E-state index in [1.54, 1.807) is 6.20 Å². The standard InChI is InChI=1S/C15H20N4S/c1-20-13-4-2-3-12(8-13)19-10-17-9-14(19)11-5-6-18-15(16)7-11/h5-7,9-10,12-13H,2-4,8H2,1H3,(H2,16,18). The van der Waals surface area contributed by atoms with Gasteiger partial charge < -0.3 is 10.3 Å². The van der Waals surface area contributed by atoms with Gasteiger partial charge in [-0.3, -0.25) is 0 Å². The maximum atomic E-state index is 5.79. The van der Waals surface area contributed by atoms with Gasteiger partial charge in [-0.25, -0.2) is 9.97 Å². The highest BCUT2D eigenvalue weighted by Gasteiger charge is 2.24. The molecule has 20 heavy (non-hydrogen) atoms. The molecule has 2 atom stereocenters. The molecule has 2 aromatic heterocycles. The lowest BCUT2D eigenvalue weighted by atomic mass is 9.94. The van der Waals surface area contributed by atoms with Gasteiger partial charge in [-0.1, -0.05) is 6.42 Å². The number of nitrogens with zero attached hydrogens (tertiary/aromatic N) is 3. The average molecular weight is 288 g/mol. The minimum Gasteiger partial charge on any atom is -0.384 e. The van der Waals surface area contributed by atoms with E-state index in [4.69, 9.17) is 5.73 Å². The first-order valence-electron chi connectivity index (χ1n) is 7.04. The number of nitrogen functional groups attached to an aromatic ring is 1. The first kappa shape index (κ1) is 13.5. The quantitative estimate of drug-likeness (QED) is 0.940. The van der Waals surface area contributed by atoms with Crippen molar-refractivity contribution < 1.29 is 0 Å². The molecule has 0 amide bonds. The van der Waals surface area contributed by atoms with Crippen LogP contribution in [0.15, 0.2) is 30.9 Å². The molecule has 1 fully saturated rings. The zero-order valence-electron chi connectivity index (χ0n) is 11.7. The number of aromatic nitrogens is 3. The zero-order chi connectivity index (χ0) is 13.9. The number of hydrogen-bond acceptors (Lipinski definition) is 4. The number of rotatable bonds is 3. The van der Waals surface area contributed by atoms with Crippen molar-refractivity contribution in [1.29, 1.82) is 0 Å². The lowest BCUT2D eigenvalue weighted by Crippen LogP contribution is -2.20. The summed E-state index contributed by atoms with van der Waals surface area (Å²) in [4.78, 5) is 8.41. The van der Waals surface area contributed by atoms with Crippen molar-refractivity contribution in [3.8, 4) is 11.3 Å². The second kappa shape index (κ2) is 5.87. The zero-order valence-corrected chi connectivity index (χ0v) is 12.5. The van der Waals surface area contributed by atoms with E-state index in [0.29, 0.717) is 11.9 Å². The smallest absolute Gasteiger partial charge is 0.123 e. The Balaban J connectivity index is 1.90. The Morgan fingerprint density at radius 1 is 1.40 bits per heavy atom. The van der Waals surface area contributed by atoms with E-state index in [-0.39, 0.29) is 0 Å². The SMILES string of the molecule is CSC1CCCC(n2cncc2-c2ccnc(N)c2)C1. The molecule has 2 aromatic rings. The van der Waals surface area contributed by atoms with E-state index >= 15 is 0 Å². The molecule has 106 valence electrons. The summed E-state index contributed by atoms with van der Waals surface area (Å²) in [5.41, 5.74) is 8.04. The summed E-state index contributed by atoms with van der Waals surface area (Å²) in [6.07, 6.45) is 13.0. The monoisotopic (exact) mass is 288 g/mol. The second-order valence-corrected chi connectivity index (χ2v) is 6.47. The largest absolute Gasteiger partial charge is 0.384 e. The Morgan fingerprint density at radius 3 is 3.10 bits per heavy atom. The summed E-state index contributed by atoms with van der Waals surface area (Å²) in [7, 11) is 0. The van der Waals surface area contributed by atoms with E-state index in [0.717, 1.165) is 16.5 Å². The molecule has 3 rings (SSSR count). The molecule has 0 spiro atoms. The highest BCUT2D eigenvalue weighted by molar-refractivity contribution is 7.99. The number of thioether (sulfide) groups is 1. The van der Waals surface area contributed by atoms with Crippen LogP contribution in [-0.2, 0) is 0 Å². The van der Waals surface area contributed by atoms with Gasteiger partial charge in [0.05, 0.1) is 18.2 Å². The first-order chi connectivity index (χ1) is 9.78. The minimum absolute atomic E-state index is 0.549. The van der Waals surface area contributed by atoms with Gasteiger partial charge in [0.25, 0.3) is 0 Å². The van der Waals surface area contributed by atoms with Crippen molar-refractivity contribution in [3.63, 3.8) is 0 Å². The molecule has 1 aliphatic rings. The predicted octanol–water partition coefficient (Wildman–Crippen LogP) is 3.37. The van der Waals surface area contributed by atoms with Gasteiger partial charge in [0.15, 0.2) is 0 Å². The molecular weight excluding hydrogens is 268 g/mol. The van der Waals surface area contributed by atoms with Gasteiger partial charge in [0.1, 0.15) is 5.82 Å². The number of hydrogen-bond donors (Lipinski definition) is 1. The fourth-order valence-electron chi connectivity index (χ4n) is 3.01. The number of imidazole rings is 1. The number of anilines is 1. The fraction of sp³-hybridized carbons (Fsp3) is 0.467. The van der Waals surface area contributed by atoms with Crippen molar-refractivity contribution in [3.05, 3.63) is 30.9 Å². The van der Waals surface area contributed by atoms with Gasteiger partial charge in [0, 0.05) is 23.1 Å². The normalized spacial score (nSPS) is 22.9. The summed E-state index contributed by atoms with van der Waals surface area (Å²) < 4.78 is 2.32. The maximum absolute atomic E-state index is 5.79. The number of nitrogens with two attached hydrogens (primary N) is 1. The Bertz CT molecular complexity index is 581. The molecule has 1 aliphatic carbocycles. The van der Waals surface area contributed by atoms with Crippen LogP contribution >= 0.6 is 11.8 Å². The van der Waals surface area contributed by atoms with Gasteiger partial charge in [-0.15, -0.1) is 0 Å². The van der Waals surface area contributed by atoms with E-state index in [1.807, 2.05) is 36.4 Å². The Hall–Kier alpha value is -1.49. The second-order valence-electron chi connectivity index (χ2n) is 5.33. The topological polar surface area (TPSA) is 56.7 Å². The Morgan fingerprint density at radius 2 is 2.30 bits per heavy atom. The molecule has 0 saturated heterocycles. The fourth-order valence-corrected chi connectivity index (χ4v) is 3.83. The third-order valence-electron chi connectivity index (χ3n) is 4.07. The molecule has 2 N–H and O–H groups in total. The van der Waals surface area contributed by atoms with Crippen LogP contribution in [0.3, 0.4) is 0 Å². The van der Waals surface area contributed by atoms with Crippen LogP contribution in [0, 0.1) is 0 Å². The van der Waals surface area contributed by atoms with Gasteiger partial charge in [-0.2, -0.15) is 11.8 Å². The Kier molecular flexibility index (Phi) is 3.96. The van der Waals surface area contributed by atoms with Crippen LogP contribution < -0.4 is 5.73 Å². The van der Waals surface area contributed by atoms with E-state index in [1.165, 1.54) is 25.7 Å². The summed E-state index contributed by atoms with van der Waals surface area (Å²) in [5, 5.41) is 0.770. The predicted molar refractivity (Wildman–Crippen MR) is 84.7 cm³/mol. The molecule has 4 nitrogen and oxygen atoms in total. The third-order valence-corrected chi connectivity index (χ3v) is 5.16. The van der Waals surface area contributed by atoms with Crippen molar-refractivity contribution in [2.24, 2.45) is 0 Å². The van der Waals surface area contributed by atoms with Crippen LogP contribution in [0.4, 0.5) is 5.82 Å². The van der Waals surface area contributed by atoms with Crippen molar-refractivity contribution in [1.82, 2.24) is 14.5 Å². The van der Waals surface area contributed by atoms with Gasteiger partial charge >= 0.3 is 0 Å². The summed E-state index contributed by atoms with van der Waals surface area (Å²) >= 11 is 1.99. The summed E-state index contributed by atoms with van der Waals surface area (Å²) in [6.45, 7) is 0. The number of pyridine rings is 1. The van der Waals surface area contributed by atoms with Crippen LogP contribution in [-0.4, -0.2) is 26.0 Å². The Labute approximate surface area is 123 Å². The molecule has 0 aromatic carbocycles. The first-order valence-corrected chi connectivity index (χ1v) is 8.33. The molecule has 5 heteroatoms. The highest BCUT2D eigenvalue weighted by Crippen LogP contribution is 2.36. The van der Waals surface area contributed by atoms with Crippen LogP contribution in [0.2, 0.25) is 0 Å². The van der Waals surface area contributed by atoms with Gasteiger partial charge in [0.2, 0.25) is 0 Å². The molecule has 1 saturated carbocycles. The molecular formula is C15H20N4S. The van der Waals surface area contributed by atoms with Crippen LogP contribution in [0.5, 0.6) is 0 Å². The van der Waals surface area contributed by atoms with Crippen LogP contribution in [0.1, 0.15) is 31.7 Å². The van der Waals surface area contributed by atoms with Crippen molar-refractivity contribution in [2.45, 2.75) is 37.0 Å². The van der Waals surface area contributed by atoms with E-state index in [9.17, 15) is 0 Å². The molecule has 2 heterocycles. The maximum Gasteiger partial charge on any atom is 0.123 e. The highest BCUT2D eigenvalue weighted by atomic mass is 32.2. The molecule has 0 aliphatic heterocycles. The van der Waals surface area contributed by atoms with E-state index < -0.39 is 0 Å². The van der Waals surface area contributed by atoms with Crippen LogP contribution in [0.25, 0.3) is 11.3 Å². The molecule has 2 unspecified atom stereocenters. The summed E-state index contributed by atoms with van der Waals surface area (Å²) in [6, 6.07) is 4.47. The van der Waals surface area contributed by atoms with E-state index in [2.05, 4.69) is 20.8 Å². The lowest BCUT2D eigenvalue weighted by Gasteiger charge is -2.30. The average Bonchev–Trinajstić information content (AvgIpc) is 2.97. The van der Waals surface area contributed by atoms with Crippen molar-refractivity contribution in [2.75, 3.05) is 12.0 Å². The lowest BCUT2D eigenvalue weighted by molar-refractivity contribution is 0.363. The summed E-state index contributed by atoms with van der Waals surface area (Å²) in [5.74, 6) is 0.556. The van der Waals surface area contributed by atoms with Gasteiger partial charge in [-0.05, 0) is 37.7 Å².